The summed E-state index contributed by atoms with van der Waals surface area (Å²) in [5.41, 5.74) is 2.06. The Morgan fingerprint density at radius 2 is 2.10 bits per heavy atom. The number of methoxy groups -OCH3 is 1. The number of amides is 1. The molecule has 0 bridgehead atoms. The second-order valence-electron chi connectivity index (χ2n) is 5.38. The van der Waals surface area contributed by atoms with Gasteiger partial charge in [-0.1, -0.05) is 18.2 Å². The lowest BCUT2D eigenvalue weighted by atomic mass is 9.89. The number of carbonyl (C=O) groups excluding carboxylic acids is 1. The SMILES string of the molecule is COCCC(=O)N1CC(CCC(=O)O)Cc2ccccc21. The highest BCUT2D eigenvalue weighted by Gasteiger charge is 2.28. The first kappa shape index (κ1) is 15.5. The minimum Gasteiger partial charge on any atom is -0.481 e. The van der Waals surface area contributed by atoms with E-state index in [4.69, 9.17) is 9.84 Å². The molecule has 0 aliphatic carbocycles. The molecule has 0 spiro atoms. The van der Waals surface area contributed by atoms with Crippen LogP contribution in [-0.2, 0) is 20.7 Å². The van der Waals surface area contributed by atoms with E-state index in [-0.39, 0.29) is 18.2 Å². The number of carboxylic acids is 1. The minimum absolute atomic E-state index is 0.0318. The van der Waals surface area contributed by atoms with Crippen molar-refractivity contribution in [3.05, 3.63) is 29.8 Å². The molecule has 0 saturated heterocycles. The molecule has 114 valence electrons. The topological polar surface area (TPSA) is 66.8 Å². The lowest BCUT2D eigenvalue weighted by molar-refractivity contribution is -0.137. The average Bonchev–Trinajstić information content (AvgIpc) is 2.49. The predicted octanol–water partition coefficient (Wildman–Crippen LogP) is 2.09. The zero-order chi connectivity index (χ0) is 15.2. The predicted molar refractivity (Wildman–Crippen MR) is 79.4 cm³/mol. The Morgan fingerprint density at radius 3 is 2.81 bits per heavy atom. The van der Waals surface area contributed by atoms with Crippen molar-refractivity contribution in [1.29, 1.82) is 0 Å². The Hall–Kier alpha value is -1.88. The number of fused-ring (bicyclic) bond motifs is 1. The second-order valence-corrected chi connectivity index (χ2v) is 5.38. The van der Waals surface area contributed by atoms with Crippen molar-refractivity contribution < 1.29 is 19.4 Å². The number of hydrogen-bond acceptors (Lipinski definition) is 3. The third-order valence-electron chi connectivity index (χ3n) is 3.82. The molecular formula is C16H21NO4. The fourth-order valence-corrected chi connectivity index (χ4v) is 2.76. The number of aliphatic carboxylic acids is 1. The van der Waals surface area contributed by atoms with Gasteiger partial charge in [-0.05, 0) is 30.4 Å². The van der Waals surface area contributed by atoms with E-state index in [1.54, 1.807) is 12.0 Å². The third kappa shape index (κ3) is 4.04. The fourth-order valence-electron chi connectivity index (χ4n) is 2.76. The lowest BCUT2D eigenvalue weighted by Gasteiger charge is -2.34. The molecule has 0 saturated carbocycles. The van der Waals surface area contributed by atoms with Gasteiger partial charge in [-0.3, -0.25) is 9.59 Å². The molecule has 5 heteroatoms. The highest BCUT2D eigenvalue weighted by atomic mass is 16.5. The van der Waals surface area contributed by atoms with Gasteiger partial charge in [-0.15, -0.1) is 0 Å². The number of para-hydroxylation sites is 1. The van der Waals surface area contributed by atoms with Crippen molar-refractivity contribution >= 4 is 17.6 Å². The van der Waals surface area contributed by atoms with Crippen LogP contribution in [0.1, 0.15) is 24.8 Å². The standard InChI is InChI=1S/C16H21NO4/c1-21-9-8-15(18)17-11-12(6-7-16(19)20)10-13-4-2-3-5-14(13)17/h2-5,12H,6-11H2,1H3,(H,19,20). The van der Waals surface area contributed by atoms with E-state index in [1.807, 2.05) is 24.3 Å². The summed E-state index contributed by atoms with van der Waals surface area (Å²) in [7, 11) is 1.58. The largest absolute Gasteiger partial charge is 0.481 e. The van der Waals surface area contributed by atoms with Gasteiger partial charge in [0.05, 0.1) is 13.0 Å². The smallest absolute Gasteiger partial charge is 0.303 e. The molecular weight excluding hydrogens is 270 g/mol. The van der Waals surface area contributed by atoms with Crippen LogP contribution in [0.5, 0.6) is 0 Å². The van der Waals surface area contributed by atoms with E-state index in [1.165, 1.54) is 0 Å². The van der Waals surface area contributed by atoms with Crippen molar-refractivity contribution in [1.82, 2.24) is 0 Å². The normalized spacial score (nSPS) is 17.4. The highest BCUT2D eigenvalue weighted by Crippen LogP contribution is 2.31. The summed E-state index contributed by atoms with van der Waals surface area (Å²) in [5.74, 6) is -0.557. The molecule has 1 unspecified atom stereocenters. The first-order valence-electron chi connectivity index (χ1n) is 7.20. The van der Waals surface area contributed by atoms with Crippen molar-refractivity contribution in [2.75, 3.05) is 25.2 Å². The Labute approximate surface area is 124 Å². The number of ether oxygens (including phenoxy) is 1. The van der Waals surface area contributed by atoms with E-state index in [9.17, 15) is 9.59 Å². The van der Waals surface area contributed by atoms with Gasteiger partial charge in [0.2, 0.25) is 5.91 Å². The Morgan fingerprint density at radius 1 is 1.33 bits per heavy atom. The Kier molecular flexibility index (Phi) is 5.33. The summed E-state index contributed by atoms with van der Waals surface area (Å²) in [6.07, 6.45) is 1.92. The second kappa shape index (κ2) is 7.22. The van der Waals surface area contributed by atoms with E-state index in [0.29, 0.717) is 26.0 Å². The van der Waals surface area contributed by atoms with Crippen LogP contribution >= 0.6 is 0 Å². The summed E-state index contributed by atoms with van der Waals surface area (Å²) in [6.45, 7) is 0.990. The molecule has 0 fully saturated rings. The summed E-state index contributed by atoms with van der Waals surface area (Å²) in [5, 5.41) is 8.83. The number of nitrogens with zero attached hydrogens (tertiary/aromatic N) is 1. The monoisotopic (exact) mass is 291 g/mol. The van der Waals surface area contributed by atoms with Gasteiger partial charge in [0, 0.05) is 25.8 Å². The number of anilines is 1. The van der Waals surface area contributed by atoms with Gasteiger partial charge in [0.25, 0.3) is 0 Å². The highest BCUT2D eigenvalue weighted by molar-refractivity contribution is 5.94. The number of hydrogen-bond donors (Lipinski definition) is 1. The zero-order valence-corrected chi connectivity index (χ0v) is 12.2. The summed E-state index contributed by atoms with van der Waals surface area (Å²) >= 11 is 0. The minimum atomic E-state index is -0.786. The molecule has 1 aromatic rings. The van der Waals surface area contributed by atoms with Crippen molar-refractivity contribution in [3.63, 3.8) is 0 Å². The molecule has 1 aliphatic heterocycles. The molecule has 1 aliphatic rings. The summed E-state index contributed by atoms with van der Waals surface area (Å²) in [6, 6.07) is 7.84. The van der Waals surface area contributed by atoms with Gasteiger partial charge in [0.15, 0.2) is 0 Å². The maximum absolute atomic E-state index is 12.3. The quantitative estimate of drug-likeness (QED) is 0.871. The lowest BCUT2D eigenvalue weighted by Crippen LogP contribution is -2.40. The molecule has 1 N–H and O–H groups in total. The molecule has 1 atom stereocenters. The molecule has 21 heavy (non-hydrogen) atoms. The molecule has 0 radical (unpaired) electrons. The fraction of sp³-hybridized carbons (Fsp3) is 0.500. The Bertz CT molecular complexity index is 515. The van der Waals surface area contributed by atoms with Gasteiger partial charge in [0.1, 0.15) is 0 Å². The molecule has 1 amide bonds. The first-order chi connectivity index (χ1) is 10.1. The maximum Gasteiger partial charge on any atom is 0.303 e. The van der Waals surface area contributed by atoms with Gasteiger partial charge < -0.3 is 14.7 Å². The van der Waals surface area contributed by atoms with Crippen LogP contribution in [-0.4, -0.2) is 37.2 Å². The van der Waals surface area contributed by atoms with Crippen LogP contribution in [0.15, 0.2) is 24.3 Å². The van der Waals surface area contributed by atoms with Gasteiger partial charge >= 0.3 is 5.97 Å². The number of rotatable bonds is 6. The molecule has 1 heterocycles. The number of carbonyl (C=O) groups is 2. The maximum atomic E-state index is 12.3. The van der Waals surface area contributed by atoms with Crippen LogP contribution in [0.25, 0.3) is 0 Å². The van der Waals surface area contributed by atoms with Crippen LogP contribution in [0.3, 0.4) is 0 Å². The van der Waals surface area contributed by atoms with Gasteiger partial charge in [-0.2, -0.15) is 0 Å². The van der Waals surface area contributed by atoms with E-state index < -0.39 is 5.97 Å². The number of carboxylic acid groups (broad SMARTS) is 1. The average molecular weight is 291 g/mol. The molecule has 0 aromatic heterocycles. The van der Waals surface area contributed by atoms with Crippen molar-refractivity contribution in [2.45, 2.75) is 25.7 Å². The zero-order valence-electron chi connectivity index (χ0n) is 12.2. The van der Waals surface area contributed by atoms with Crippen molar-refractivity contribution in [3.8, 4) is 0 Å². The van der Waals surface area contributed by atoms with Crippen LogP contribution in [0.4, 0.5) is 5.69 Å². The summed E-state index contributed by atoms with van der Waals surface area (Å²) < 4.78 is 4.97. The third-order valence-corrected chi connectivity index (χ3v) is 3.82. The van der Waals surface area contributed by atoms with Crippen LogP contribution in [0, 0.1) is 5.92 Å². The van der Waals surface area contributed by atoms with Crippen LogP contribution in [0.2, 0.25) is 0 Å². The number of benzene rings is 1. The Balaban J connectivity index is 2.14. The van der Waals surface area contributed by atoms with E-state index in [2.05, 4.69) is 0 Å². The molecule has 2 rings (SSSR count). The van der Waals surface area contributed by atoms with Crippen LogP contribution < -0.4 is 4.90 Å². The van der Waals surface area contributed by atoms with Gasteiger partial charge in [-0.25, -0.2) is 0 Å². The van der Waals surface area contributed by atoms with E-state index in [0.717, 1.165) is 17.7 Å². The van der Waals surface area contributed by atoms with Crippen molar-refractivity contribution in [2.24, 2.45) is 5.92 Å². The molecule has 5 nitrogen and oxygen atoms in total. The molecule has 1 aromatic carbocycles. The van der Waals surface area contributed by atoms with E-state index >= 15 is 0 Å². The summed E-state index contributed by atoms with van der Waals surface area (Å²) in [4.78, 5) is 24.9. The first-order valence-corrected chi connectivity index (χ1v) is 7.20.